The Hall–Kier alpha value is -3.27. The Balaban J connectivity index is 1.48. The Morgan fingerprint density at radius 1 is 1.08 bits per heavy atom. The molecule has 1 aliphatic carbocycles. The summed E-state index contributed by atoms with van der Waals surface area (Å²) < 4.78 is 27.5. The molecule has 0 atom stereocenters. The molecular formula is C30H29FIN3O3. The standard InChI is InChI=1S/C30H29FIN3O3/c1-2-37-27-17-21(16-25(32)28(27)38-19-20-12-14-23(31)15-13-20)18-33-35-29(22-8-4-3-5-9-22)34-26-11-7-6-10-24(26)30(35)36/h6-7,10-18,22H,2-5,8-9,19H2,1H3. The third-order valence-electron chi connectivity index (χ3n) is 6.70. The number of rotatable bonds is 8. The molecule has 1 aliphatic rings. The summed E-state index contributed by atoms with van der Waals surface area (Å²) >= 11 is 2.21. The monoisotopic (exact) mass is 625 g/mol. The summed E-state index contributed by atoms with van der Waals surface area (Å²) in [4.78, 5) is 18.4. The van der Waals surface area contributed by atoms with Crippen molar-refractivity contribution in [2.45, 2.75) is 51.6 Å². The number of hydrogen-bond acceptors (Lipinski definition) is 5. The van der Waals surface area contributed by atoms with Crippen LogP contribution in [0.5, 0.6) is 11.5 Å². The first-order chi connectivity index (χ1) is 18.5. The van der Waals surface area contributed by atoms with Crippen molar-refractivity contribution in [2.75, 3.05) is 6.61 Å². The van der Waals surface area contributed by atoms with Gasteiger partial charge >= 0.3 is 0 Å². The average Bonchev–Trinajstić information content (AvgIpc) is 2.93. The Morgan fingerprint density at radius 3 is 2.61 bits per heavy atom. The zero-order chi connectivity index (χ0) is 26.5. The number of nitrogens with zero attached hydrogens (tertiary/aromatic N) is 3. The van der Waals surface area contributed by atoms with Gasteiger partial charge in [0.1, 0.15) is 18.2 Å². The minimum absolute atomic E-state index is 0.161. The molecule has 0 amide bonds. The van der Waals surface area contributed by atoms with Crippen LogP contribution in [0.2, 0.25) is 0 Å². The van der Waals surface area contributed by atoms with E-state index in [0.717, 1.165) is 46.2 Å². The summed E-state index contributed by atoms with van der Waals surface area (Å²) in [6.45, 7) is 2.66. The van der Waals surface area contributed by atoms with Crippen molar-refractivity contribution in [3.8, 4) is 11.5 Å². The van der Waals surface area contributed by atoms with Gasteiger partial charge in [-0.15, -0.1) is 0 Å². The highest BCUT2D eigenvalue weighted by Gasteiger charge is 2.22. The Bertz CT molecular complexity index is 1510. The quantitative estimate of drug-likeness (QED) is 0.156. The van der Waals surface area contributed by atoms with Gasteiger partial charge in [0.25, 0.3) is 5.56 Å². The maximum atomic E-state index is 13.5. The van der Waals surface area contributed by atoms with Crippen LogP contribution in [0.4, 0.5) is 4.39 Å². The van der Waals surface area contributed by atoms with Gasteiger partial charge in [0.15, 0.2) is 11.5 Å². The molecule has 3 aromatic carbocycles. The number of halogens is 2. The van der Waals surface area contributed by atoms with E-state index in [1.807, 2.05) is 37.3 Å². The van der Waals surface area contributed by atoms with Crippen LogP contribution in [-0.2, 0) is 6.61 Å². The van der Waals surface area contributed by atoms with E-state index in [9.17, 15) is 9.18 Å². The third kappa shape index (κ3) is 5.90. The van der Waals surface area contributed by atoms with E-state index >= 15 is 0 Å². The number of fused-ring (bicyclic) bond motifs is 1. The fourth-order valence-electron chi connectivity index (χ4n) is 4.80. The van der Waals surface area contributed by atoms with Crippen LogP contribution < -0.4 is 15.0 Å². The van der Waals surface area contributed by atoms with Gasteiger partial charge in [-0.05, 0) is 89.9 Å². The van der Waals surface area contributed by atoms with Crippen molar-refractivity contribution in [3.63, 3.8) is 0 Å². The predicted octanol–water partition coefficient (Wildman–Crippen LogP) is 7.05. The summed E-state index contributed by atoms with van der Waals surface area (Å²) in [7, 11) is 0. The van der Waals surface area contributed by atoms with Crippen LogP contribution >= 0.6 is 22.6 Å². The predicted molar refractivity (Wildman–Crippen MR) is 156 cm³/mol. The zero-order valence-corrected chi connectivity index (χ0v) is 23.4. The van der Waals surface area contributed by atoms with Gasteiger partial charge in [-0.25, -0.2) is 9.37 Å². The smallest absolute Gasteiger partial charge is 0.282 e. The Labute approximate surface area is 234 Å². The fourth-order valence-corrected chi connectivity index (χ4v) is 5.58. The molecule has 0 saturated heterocycles. The number of benzene rings is 3. The van der Waals surface area contributed by atoms with Crippen LogP contribution in [0.3, 0.4) is 0 Å². The molecule has 5 rings (SSSR count). The van der Waals surface area contributed by atoms with E-state index in [4.69, 9.17) is 14.5 Å². The molecule has 6 nitrogen and oxygen atoms in total. The van der Waals surface area contributed by atoms with Crippen molar-refractivity contribution in [2.24, 2.45) is 5.10 Å². The van der Waals surface area contributed by atoms with Crippen LogP contribution in [0.1, 0.15) is 61.9 Å². The van der Waals surface area contributed by atoms with E-state index in [1.165, 1.54) is 23.2 Å². The topological polar surface area (TPSA) is 65.7 Å². The Morgan fingerprint density at radius 2 is 1.84 bits per heavy atom. The van der Waals surface area contributed by atoms with Crippen LogP contribution in [-0.4, -0.2) is 22.5 Å². The van der Waals surface area contributed by atoms with Crippen molar-refractivity contribution in [1.29, 1.82) is 0 Å². The molecule has 1 aromatic heterocycles. The molecule has 0 spiro atoms. The second kappa shape index (κ2) is 12.1. The SMILES string of the molecule is CCOc1cc(C=Nn2c(C3CCCCC3)nc3ccccc3c2=O)cc(I)c1OCc1ccc(F)cc1. The van der Waals surface area contributed by atoms with Crippen molar-refractivity contribution >= 4 is 39.7 Å². The van der Waals surface area contributed by atoms with Crippen molar-refractivity contribution in [1.82, 2.24) is 9.66 Å². The number of aromatic nitrogens is 2. The number of para-hydroxylation sites is 1. The van der Waals surface area contributed by atoms with Crippen molar-refractivity contribution in [3.05, 3.63) is 97.4 Å². The second-order valence-corrected chi connectivity index (χ2v) is 10.5. The molecule has 1 heterocycles. The Kier molecular flexibility index (Phi) is 8.36. The first-order valence-electron chi connectivity index (χ1n) is 12.9. The molecule has 1 saturated carbocycles. The van der Waals surface area contributed by atoms with Gasteiger partial charge in [0.05, 0.1) is 27.3 Å². The highest BCUT2D eigenvalue weighted by molar-refractivity contribution is 14.1. The summed E-state index contributed by atoms with van der Waals surface area (Å²) in [6.07, 6.45) is 7.17. The fraction of sp³-hybridized carbons (Fsp3) is 0.300. The molecular weight excluding hydrogens is 596 g/mol. The van der Waals surface area contributed by atoms with E-state index in [-0.39, 0.29) is 23.9 Å². The first-order valence-corrected chi connectivity index (χ1v) is 14.0. The van der Waals surface area contributed by atoms with Crippen LogP contribution in [0.25, 0.3) is 10.9 Å². The summed E-state index contributed by atoms with van der Waals surface area (Å²) in [5.41, 5.74) is 2.18. The van der Waals surface area contributed by atoms with E-state index in [2.05, 4.69) is 27.7 Å². The highest BCUT2D eigenvalue weighted by Crippen LogP contribution is 2.35. The average molecular weight is 625 g/mol. The molecule has 196 valence electrons. The summed E-state index contributed by atoms with van der Waals surface area (Å²) in [6, 6.07) is 17.5. The molecule has 38 heavy (non-hydrogen) atoms. The normalized spacial score (nSPS) is 14.3. The van der Waals surface area contributed by atoms with Crippen LogP contribution in [0.15, 0.2) is 70.6 Å². The molecule has 0 unspecified atom stereocenters. The largest absolute Gasteiger partial charge is 0.490 e. The van der Waals surface area contributed by atoms with E-state index in [1.54, 1.807) is 24.4 Å². The minimum Gasteiger partial charge on any atom is -0.490 e. The zero-order valence-electron chi connectivity index (χ0n) is 21.2. The molecule has 1 fully saturated rings. The highest BCUT2D eigenvalue weighted by atomic mass is 127. The van der Waals surface area contributed by atoms with Gasteiger partial charge in [0.2, 0.25) is 0 Å². The molecule has 0 aliphatic heterocycles. The molecule has 0 N–H and O–H groups in total. The third-order valence-corrected chi connectivity index (χ3v) is 7.50. The first kappa shape index (κ1) is 26.3. The lowest BCUT2D eigenvalue weighted by Crippen LogP contribution is -2.25. The number of ether oxygens (including phenoxy) is 2. The van der Waals surface area contributed by atoms with Gasteiger partial charge in [-0.3, -0.25) is 4.79 Å². The lowest BCUT2D eigenvalue weighted by molar-refractivity contribution is 0.267. The molecule has 4 aromatic rings. The van der Waals surface area contributed by atoms with Gasteiger partial charge in [-0.2, -0.15) is 9.78 Å². The van der Waals surface area contributed by atoms with Gasteiger partial charge < -0.3 is 9.47 Å². The molecule has 8 heteroatoms. The maximum Gasteiger partial charge on any atom is 0.282 e. The van der Waals surface area contributed by atoms with E-state index < -0.39 is 0 Å². The minimum atomic E-state index is -0.283. The van der Waals surface area contributed by atoms with Gasteiger partial charge in [-0.1, -0.05) is 43.5 Å². The molecule has 0 radical (unpaired) electrons. The lowest BCUT2D eigenvalue weighted by atomic mass is 9.88. The summed E-state index contributed by atoms with van der Waals surface area (Å²) in [5.74, 6) is 1.85. The second-order valence-electron chi connectivity index (χ2n) is 9.36. The lowest BCUT2D eigenvalue weighted by Gasteiger charge is -2.22. The van der Waals surface area contributed by atoms with Crippen LogP contribution in [0, 0.1) is 9.39 Å². The van der Waals surface area contributed by atoms with Gasteiger partial charge in [0, 0.05) is 5.92 Å². The van der Waals surface area contributed by atoms with Crippen molar-refractivity contribution < 1.29 is 13.9 Å². The maximum absolute atomic E-state index is 13.5. The number of hydrogen-bond donors (Lipinski definition) is 0. The molecule has 0 bridgehead atoms. The summed E-state index contributed by atoms with van der Waals surface area (Å²) in [5, 5.41) is 5.21. The van der Waals surface area contributed by atoms with E-state index in [0.29, 0.717) is 29.0 Å².